The van der Waals surface area contributed by atoms with Crippen molar-refractivity contribution in [3.05, 3.63) is 113 Å². The fourth-order valence-electron chi connectivity index (χ4n) is 6.37. The Morgan fingerprint density at radius 2 is 1.28 bits per heavy atom. The van der Waals surface area contributed by atoms with Crippen molar-refractivity contribution in [2.24, 2.45) is 0 Å². The van der Waals surface area contributed by atoms with E-state index in [0.29, 0.717) is 0 Å². The number of allylic oxidation sites excluding steroid dienone is 4. The Morgan fingerprint density at radius 3 is 1.97 bits per heavy atom. The highest BCUT2D eigenvalue weighted by Crippen LogP contribution is 2.51. The molecule has 7 rings (SSSR count). The van der Waals surface area contributed by atoms with Crippen LogP contribution in [0, 0.1) is 13.8 Å². The molecule has 0 spiro atoms. The molecule has 0 atom stereocenters. The lowest BCUT2D eigenvalue weighted by molar-refractivity contribution is 0.585. The van der Waals surface area contributed by atoms with Crippen LogP contribution in [0.15, 0.2) is 96.6 Å². The number of aromatic nitrogens is 1. The van der Waals surface area contributed by atoms with E-state index in [9.17, 15) is 0 Å². The SMILES string of the molecule is Cc1ccc(-c2ccc3c(c2)c2cc(-c4ccc(C)cc4)cc4c2n3C2=C(CCC=C2)C4(C)C)cc1. The Hall–Kier alpha value is -3.84. The number of fused-ring (bicyclic) bond motifs is 4. The average molecular weight is 466 g/mol. The molecule has 2 aliphatic rings. The van der Waals surface area contributed by atoms with E-state index in [0.717, 1.165) is 12.8 Å². The van der Waals surface area contributed by atoms with Crippen molar-refractivity contribution in [2.75, 3.05) is 0 Å². The maximum Gasteiger partial charge on any atom is 0.0582 e. The summed E-state index contributed by atoms with van der Waals surface area (Å²) in [6.45, 7) is 9.15. The molecule has 0 N–H and O–H groups in total. The monoisotopic (exact) mass is 465 g/mol. The smallest absolute Gasteiger partial charge is 0.0582 e. The van der Waals surface area contributed by atoms with E-state index in [1.54, 1.807) is 5.57 Å². The zero-order valence-corrected chi connectivity index (χ0v) is 21.5. The van der Waals surface area contributed by atoms with Crippen LogP contribution in [0.1, 0.15) is 43.4 Å². The zero-order chi connectivity index (χ0) is 24.6. The molecule has 0 saturated carbocycles. The molecule has 0 saturated heterocycles. The Kier molecular flexibility index (Phi) is 4.51. The molecular weight excluding hydrogens is 434 g/mol. The molecule has 0 bridgehead atoms. The van der Waals surface area contributed by atoms with Gasteiger partial charge in [-0.1, -0.05) is 85.6 Å². The molecule has 36 heavy (non-hydrogen) atoms. The highest BCUT2D eigenvalue weighted by molar-refractivity contribution is 6.15. The topological polar surface area (TPSA) is 4.93 Å². The molecular formula is C35H31N. The lowest BCUT2D eigenvalue weighted by Gasteiger charge is -2.38. The molecule has 5 aromatic rings. The summed E-state index contributed by atoms with van der Waals surface area (Å²) in [4.78, 5) is 0. The lowest BCUT2D eigenvalue weighted by Crippen LogP contribution is -2.28. The molecule has 0 radical (unpaired) electrons. The highest BCUT2D eigenvalue weighted by Gasteiger charge is 2.37. The third kappa shape index (κ3) is 3.02. The first-order chi connectivity index (χ1) is 17.4. The third-order valence-corrected chi connectivity index (χ3v) is 8.45. The minimum absolute atomic E-state index is 0.0107. The molecule has 1 aromatic heterocycles. The summed E-state index contributed by atoms with van der Waals surface area (Å²) in [6, 6.07) is 29.8. The van der Waals surface area contributed by atoms with Crippen molar-refractivity contribution in [2.45, 2.75) is 46.0 Å². The van der Waals surface area contributed by atoms with Crippen molar-refractivity contribution in [3.8, 4) is 22.3 Å². The summed E-state index contributed by atoms with van der Waals surface area (Å²) in [7, 11) is 0. The van der Waals surface area contributed by atoms with Gasteiger partial charge in [-0.3, -0.25) is 0 Å². The fourth-order valence-corrected chi connectivity index (χ4v) is 6.37. The number of rotatable bonds is 2. The summed E-state index contributed by atoms with van der Waals surface area (Å²) < 4.78 is 2.55. The van der Waals surface area contributed by atoms with Crippen molar-refractivity contribution in [1.82, 2.24) is 4.57 Å². The van der Waals surface area contributed by atoms with Gasteiger partial charge in [0.1, 0.15) is 0 Å². The largest absolute Gasteiger partial charge is 0.309 e. The number of nitrogens with zero attached hydrogens (tertiary/aromatic N) is 1. The summed E-state index contributed by atoms with van der Waals surface area (Å²) >= 11 is 0. The van der Waals surface area contributed by atoms with Crippen LogP contribution in [-0.2, 0) is 5.41 Å². The predicted molar refractivity (Wildman–Crippen MR) is 154 cm³/mol. The van der Waals surface area contributed by atoms with Gasteiger partial charge in [0.25, 0.3) is 0 Å². The minimum atomic E-state index is -0.0107. The summed E-state index contributed by atoms with van der Waals surface area (Å²) in [6.07, 6.45) is 6.95. The maximum atomic E-state index is 2.55. The molecule has 1 nitrogen and oxygen atoms in total. The number of aryl methyl sites for hydroxylation is 2. The van der Waals surface area contributed by atoms with Crippen LogP contribution in [-0.4, -0.2) is 4.57 Å². The van der Waals surface area contributed by atoms with Gasteiger partial charge in [-0.2, -0.15) is 0 Å². The first kappa shape index (κ1) is 21.4. The van der Waals surface area contributed by atoms with E-state index in [4.69, 9.17) is 0 Å². The van der Waals surface area contributed by atoms with Gasteiger partial charge < -0.3 is 4.57 Å². The van der Waals surface area contributed by atoms with E-state index >= 15 is 0 Å². The van der Waals surface area contributed by atoms with Crippen molar-refractivity contribution in [1.29, 1.82) is 0 Å². The molecule has 0 unspecified atom stereocenters. The van der Waals surface area contributed by atoms with E-state index in [1.165, 1.54) is 66.4 Å². The van der Waals surface area contributed by atoms with E-state index < -0.39 is 0 Å². The first-order valence-corrected chi connectivity index (χ1v) is 13.1. The van der Waals surface area contributed by atoms with Crippen LogP contribution >= 0.6 is 0 Å². The Morgan fingerprint density at radius 1 is 0.667 bits per heavy atom. The molecule has 1 heteroatoms. The number of hydrogen-bond acceptors (Lipinski definition) is 0. The second-order valence-corrected chi connectivity index (χ2v) is 11.1. The van der Waals surface area contributed by atoms with Crippen LogP contribution in [0.3, 0.4) is 0 Å². The standard InChI is InChI=1S/C35H31N/c1-22-9-13-24(14-10-22)26-17-18-32-28(19-26)29-20-27(25-15-11-23(2)12-16-25)21-31-34(29)36(32)33-8-6-5-7-30(33)35(31,3)4/h6,8-21H,5,7H2,1-4H3. The number of hydrogen-bond donors (Lipinski definition) is 0. The Balaban J connectivity index is 1.59. The van der Waals surface area contributed by atoms with Crippen LogP contribution in [0.25, 0.3) is 49.8 Å². The Bertz CT molecular complexity index is 1740. The lowest BCUT2D eigenvalue weighted by atomic mass is 9.71. The van der Waals surface area contributed by atoms with Gasteiger partial charge in [0, 0.05) is 21.9 Å². The molecule has 1 aliphatic carbocycles. The average Bonchev–Trinajstić information content (AvgIpc) is 3.22. The van der Waals surface area contributed by atoms with E-state index in [1.807, 2.05) is 0 Å². The van der Waals surface area contributed by atoms with Gasteiger partial charge in [-0.25, -0.2) is 0 Å². The summed E-state index contributed by atoms with van der Waals surface area (Å²) in [5, 5.41) is 2.69. The van der Waals surface area contributed by atoms with Crippen molar-refractivity contribution >= 4 is 27.5 Å². The quantitative estimate of drug-likeness (QED) is 0.244. The minimum Gasteiger partial charge on any atom is -0.309 e. The van der Waals surface area contributed by atoms with Crippen LogP contribution in [0.2, 0.25) is 0 Å². The van der Waals surface area contributed by atoms with Gasteiger partial charge in [0.15, 0.2) is 0 Å². The highest BCUT2D eigenvalue weighted by atomic mass is 15.0. The van der Waals surface area contributed by atoms with Crippen molar-refractivity contribution < 1.29 is 0 Å². The summed E-state index contributed by atoms with van der Waals surface area (Å²) in [5.74, 6) is 0. The van der Waals surface area contributed by atoms with Gasteiger partial charge in [0.2, 0.25) is 0 Å². The van der Waals surface area contributed by atoms with Crippen LogP contribution in [0.5, 0.6) is 0 Å². The molecule has 0 amide bonds. The molecule has 4 aromatic carbocycles. The van der Waals surface area contributed by atoms with E-state index in [2.05, 4.69) is 123 Å². The predicted octanol–water partition coefficient (Wildman–Crippen LogP) is 9.60. The zero-order valence-electron chi connectivity index (χ0n) is 21.5. The second kappa shape index (κ2) is 7.58. The van der Waals surface area contributed by atoms with Crippen LogP contribution < -0.4 is 0 Å². The normalized spacial score (nSPS) is 16.1. The molecule has 176 valence electrons. The van der Waals surface area contributed by atoms with E-state index in [-0.39, 0.29) is 5.41 Å². The fraction of sp³-hybridized carbons (Fsp3) is 0.200. The second-order valence-electron chi connectivity index (χ2n) is 11.1. The summed E-state index contributed by atoms with van der Waals surface area (Å²) in [5.41, 5.74) is 14.8. The van der Waals surface area contributed by atoms with Gasteiger partial charge in [-0.15, -0.1) is 0 Å². The van der Waals surface area contributed by atoms with Gasteiger partial charge in [-0.05, 0) is 90.4 Å². The maximum absolute atomic E-state index is 2.55. The Labute approximate surface area is 213 Å². The first-order valence-electron chi connectivity index (χ1n) is 13.1. The van der Waals surface area contributed by atoms with Gasteiger partial charge in [0.05, 0.1) is 11.0 Å². The molecule has 1 aliphatic heterocycles. The third-order valence-electron chi connectivity index (χ3n) is 8.45. The number of benzene rings is 4. The molecule has 2 heterocycles. The molecule has 0 fully saturated rings. The van der Waals surface area contributed by atoms with Crippen molar-refractivity contribution in [3.63, 3.8) is 0 Å². The van der Waals surface area contributed by atoms with Gasteiger partial charge >= 0.3 is 0 Å². The van der Waals surface area contributed by atoms with Crippen LogP contribution in [0.4, 0.5) is 0 Å².